The molecule has 2 aliphatic heterocycles. The lowest BCUT2D eigenvalue weighted by molar-refractivity contribution is -0.132. The number of aromatic amines is 1. The number of nitrogens with one attached hydrogen (secondary N) is 13. The number of amides is 7. The van der Waals surface area contributed by atoms with Crippen LogP contribution in [-0.2, 0) is 51.2 Å². The molecular weight excluding hydrogens is 1630 g/mol. The van der Waals surface area contributed by atoms with Gasteiger partial charge in [-0.15, -0.1) is 0 Å². The summed E-state index contributed by atoms with van der Waals surface area (Å²) in [5, 5.41) is 134. The van der Waals surface area contributed by atoms with Crippen LogP contribution in [0.15, 0.2) is 70.8 Å². The Balaban J connectivity index is 0.000000528. The number of hydrogen-bond acceptors (Lipinski definition) is 27. The lowest BCUT2D eigenvalue weighted by Gasteiger charge is -2.37. The van der Waals surface area contributed by atoms with Gasteiger partial charge in [-0.05, 0) is 128 Å². The summed E-state index contributed by atoms with van der Waals surface area (Å²) in [5.41, 5.74) is 35.8. The van der Waals surface area contributed by atoms with Gasteiger partial charge in [-0.2, -0.15) is 0 Å². The number of Topliss-reactive ketones (excluding diaryl/α,β-unsaturated/α-hetero) is 1. The number of alkyl halides is 1. The number of carbonyl (C=O) groups excluding carboxylic acids is 8. The number of benzene rings is 2. The van der Waals surface area contributed by atoms with Gasteiger partial charge in [-0.25, -0.2) is 4.39 Å². The highest BCUT2D eigenvalue weighted by atomic mass is 19.1. The van der Waals surface area contributed by atoms with Crippen molar-refractivity contribution in [3.8, 4) is 0 Å². The van der Waals surface area contributed by atoms with E-state index in [1.165, 1.54) is 76.5 Å². The van der Waals surface area contributed by atoms with Gasteiger partial charge in [0.25, 0.3) is 0 Å². The maximum Gasteiger partial charge on any atom is 0.242 e. The Kier molecular flexibility index (Phi) is 54.2. The lowest BCUT2D eigenvalue weighted by atomic mass is 10.0. The number of aliphatic hydroxyl groups excluding tert-OH is 9. The third-order valence-electron chi connectivity index (χ3n) is 22.7. The Bertz CT molecular complexity index is 3670. The quantitative estimate of drug-likeness (QED) is 0.0127. The molecule has 1 unspecified atom stereocenters. The predicted molar refractivity (Wildman–Crippen MR) is 480 cm³/mol. The minimum atomic E-state index is -1.74. The number of halogens is 1. The molecule has 3 aromatic rings. The molecule has 5 rings (SSSR count). The van der Waals surface area contributed by atoms with Crippen LogP contribution in [0.4, 0.5) is 4.39 Å². The minimum absolute atomic E-state index is 0.0504. The highest BCUT2D eigenvalue weighted by Gasteiger charge is 2.44. The molecule has 0 radical (unpaired) electrons. The Hall–Kier alpha value is -8.27. The van der Waals surface area contributed by atoms with Gasteiger partial charge in [0, 0.05) is 80.7 Å². The molecule has 20 atom stereocenters. The zero-order chi connectivity index (χ0) is 93.0. The molecule has 2 aromatic carbocycles. The number of aromatic nitrogens is 1. The first kappa shape index (κ1) is 110. The molecule has 7 amide bonds. The lowest BCUT2D eigenvalue weighted by Crippen LogP contribution is -2.64. The molecular formula is C86H153FN22O17. The normalized spacial score (nSPS) is 22.7. The second kappa shape index (κ2) is 62.1. The van der Waals surface area contributed by atoms with E-state index in [1.54, 1.807) is 37.5 Å². The van der Waals surface area contributed by atoms with E-state index in [0.29, 0.717) is 57.9 Å². The molecule has 126 heavy (non-hydrogen) atoms. The van der Waals surface area contributed by atoms with Crippen molar-refractivity contribution in [1.29, 1.82) is 0 Å². The van der Waals surface area contributed by atoms with E-state index in [-0.39, 0.29) is 107 Å². The molecule has 2 saturated heterocycles. The molecule has 0 aliphatic carbocycles. The zero-order valence-corrected chi connectivity index (χ0v) is 74.5. The molecule has 39 nitrogen and oxygen atoms in total. The fraction of sp³-hybridized carbons (Fsp3) is 0.721. The van der Waals surface area contributed by atoms with Gasteiger partial charge in [0.1, 0.15) is 61.9 Å². The molecule has 2 fully saturated rings. The van der Waals surface area contributed by atoms with Gasteiger partial charge in [0.2, 0.25) is 41.4 Å². The van der Waals surface area contributed by atoms with Crippen LogP contribution in [-0.4, -0.2) is 284 Å². The number of ketones is 1. The summed E-state index contributed by atoms with van der Waals surface area (Å²) in [5.74, 6) is -4.73. The van der Waals surface area contributed by atoms with Gasteiger partial charge in [0.05, 0.1) is 55.5 Å². The molecule has 3 heterocycles. The SMILES string of the molecule is CCCCCCCCCCCCCCCC(=O)NCC(=O)N[C@@H](CO)[C@H](O)N[C@@H](CC(N)=O)[C@H](O)N[C@@H](CCCCN=C(N)N)[C@H](O)N[C@H](C(=O)N[C@@H](CCCC)C(C)=O)C(C)O.CN[C@H]1CCC(=O)NCCCC[C@@H]([C@@H](N)O)N[C@@H](O)[C@H](Cc2c[nH]c3ccccc23)NC(=O)[C@H](CCCN=C(N)N)NC(=O)[C@@H](Cc2ccccc2)N[C@@H](O)[C@@H]2C[C@@H](F)CN2[C@H]1O. The summed E-state index contributed by atoms with van der Waals surface area (Å²) >= 11 is 0. The molecule has 0 bridgehead atoms. The summed E-state index contributed by atoms with van der Waals surface area (Å²) in [6.45, 7) is 6.16. The van der Waals surface area contributed by atoms with Crippen LogP contribution < -0.4 is 98.2 Å². The van der Waals surface area contributed by atoms with Crippen molar-refractivity contribution in [2.24, 2.45) is 44.4 Å². The van der Waals surface area contributed by atoms with Crippen molar-refractivity contribution in [3.63, 3.8) is 0 Å². The van der Waals surface area contributed by atoms with Crippen LogP contribution in [0, 0.1) is 0 Å². The molecule has 0 saturated carbocycles. The summed E-state index contributed by atoms with van der Waals surface area (Å²) in [6.07, 6.45) is 8.02. The molecule has 40 heteroatoms. The molecule has 34 N–H and O–H groups in total. The number of aliphatic imine (C=N–C) groups is 2. The zero-order valence-electron chi connectivity index (χ0n) is 74.5. The fourth-order valence-electron chi connectivity index (χ4n) is 15.4. The summed E-state index contributed by atoms with van der Waals surface area (Å²) in [6, 6.07) is 4.76. The number of fused-ring (bicyclic) bond motifs is 2. The van der Waals surface area contributed by atoms with Gasteiger partial charge < -0.3 is 123 Å². The Morgan fingerprint density at radius 2 is 1.25 bits per heavy atom. The van der Waals surface area contributed by atoms with Crippen molar-refractivity contribution in [1.82, 2.24) is 73.7 Å². The number of likely N-dealkylation sites (N-methyl/N-ethyl adjacent to an activating group) is 1. The van der Waals surface area contributed by atoms with Crippen LogP contribution in [0.2, 0.25) is 0 Å². The maximum atomic E-state index is 15.2. The van der Waals surface area contributed by atoms with Crippen LogP contribution >= 0.6 is 0 Å². The van der Waals surface area contributed by atoms with Crippen LogP contribution in [0.3, 0.4) is 0 Å². The van der Waals surface area contributed by atoms with E-state index in [4.69, 9.17) is 34.4 Å². The molecule has 0 spiro atoms. The van der Waals surface area contributed by atoms with Crippen LogP contribution in [0.1, 0.15) is 225 Å². The first-order chi connectivity index (χ1) is 60.2. The van der Waals surface area contributed by atoms with Gasteiger partial charge in [0.15, 0.2) is 17.7 Å². The number of aliphatic hydroxyl groups is 9. The summed E-state index contributed by atoms with van der Waals surface area (Å²) in [4.78, 5) is 117. The van der Waals surface area contributed by atoms with E-state index < -0.39 is 171 Å². The van der Waals surface area contributed by atoms with E-state index >= 15 is 4.39 Å². The number of rotatable bonds is 51. The second-order valence-corrected chi connectivity index (χ2v) is 33.2. The highest BCUT2D eigenvalue weighted by molar-refractivity contribution is 5.91. The fourth-order valence-corrected chi connectivity index (χ4v) is 15.4. The molecule has 1 aromatic heterocycles. The smallest absolute Gasteiger partial charge is 0.242 e. The Morgan fingerprint density at radius 1 is 0.651 bits per heavy atom. The summed E-state index contributed by atoms with van der Waals surface area (Å²) < 4.78 is 15.2. The number of nitrogens with two attached hydrogens (primary N) is 6. The van der Waals surface area contributed by atoms with E-state index in [2.05, 4.69) is 85.7 Å². The van der Waals surface area contributed by atoms with Crippen molar-refractivity contribution in [2.45, 2.75) is 349 Å². The monoisotopic (exact) mass is 1790 g/mol. The van der Waals surface area contributed by atoms with E-state index in [0.717, 1.165) is 47.7 Å². The number of guanidine groups is 2. The van der Waals surface area contributed by atoms with E-state index in [9.17, 15) is 84.3 Å². The Labute approximate surface area is 740 Å². The average molecular weight is 1790 g/mol. The Morgan fingerprint density at radius 3 is 1.87 bits per heavy atom. The second-order valence-electron chi connectivity index (χ2n) is 33.2. The van der Waals surface area contributed by atoms with Crippen molar-refractivity contribution in [3.05, 3.63) is 71.9 Å². The number of hydrogen-bond donors (Lipinski definition) is 28. The van der Waals surface area contributed by atoms with Crippen molar-refractivity contribution >= 4 is 70.0 Å². The van der Waals surface area contributed by atoms with Crippen molar-refractivity contribution < 1.29 is 88.7 Å². The predicted octanol–water partition coefficient (Wildman–Crippen LogP) is -1.94. The molecule has 2 aliphatic rings. The third kappa shape index (κ3) is 43.2. The number of H-pyrrole nitrogens is 1. The van der Waals surface area contributed by atoms with E-state index in [1.807, 2.05) is 37.3 Å². The number of para-hydroxylation sites is 1. The number of primary amides is 1. The van der Waals surface area contributed by atoms with Gasteiger partial charge in [-0.3, -0.25) is 79.8 Å². The first-order valence-corrected chi connectivity index (χ1v) is 45.1. The average Bonchev–Trinajstić information content (AvgIpc) is 1.66. The number of nitrogens with zero attached hydrogens (tertiary/aromatic N) is 3. The minimum Gasteiger partial charge on any atom is -0.394 e. The van der Waals surface area contributed by atoms with Crippen LogP contribution in [0.5, 0.6) is 0 Å². The number of unbranched alkanes of at least 4 members (excludes halogenated alkanes) is 14. The van der Waals surface area contributed by atoms with Crippen molar-refractivity contribution in [2.75, 3.05) is 46.4 Å². The first-order valence-electron chi connectivity index (χ1n) is 45.1. The standard InChI is InChI=1S/C43H67FN12O7.C43H86N10O10/c1-48-32-16-17-36(57)49-18-8-7-14-30(37(45)58)52-40(61)34(21-26-23-51-29-13-6-5-12-28(26)29)54-38(59)31(15-9-19-50-43(46)47)53-39(60)33(20-25-10-3-2-4-11-25)55-41(62)35-22-27(44)24-56(35)42(32)63;1-5-7-9-10-11-12-13-14-15-16-17-18-19-24-36(58)48-27-37(59)49-34(28-54)41(62)52-33(26-35(44)57)40(61)51-32(23-20-21-25-47-43(45)46)39(60)53-38(30(4)56)42(63)50-31(29(3)55)22-8-6-2/h2-6,10-13,23,27,30-35,37,40-42,48,51-52,55,58,61-63H,7-9,14-22,24,45H2,1H3,(H,49,57)(H,53,60)(H,54,59)(H4,46,47,50);30-34,38-41,51-54,56,60-62H,5-28H2,1-4H3,(H2,44,57)(H,48,58)(H,49,59)(H,50,63)(H4,45,46,47)/t27-,30+,31+,32+,33-,34+,35+,37+,40+,41+,42+;30?,31-,32-,33-,34-,38-,39-,40-,41-/m10/s1. The van der Waals surface area contributed by atoms with Crippen LogP contribution in [0.25, 0.3) is 10.9 Å². The molecule has 716 valence electrons. The number of carbonyl (C=O) groups is 8. The largest absolute Gasteiger partial charge is 0.394 e. The van der Waals surface area contributed by atoms with Gasteiger partial charge in [-0.1, -0.05) is 152 Å². The summed E-state index contributed by atoms with van der Waals surface area (Å²) in [7, 11) is 1.62. The highest BCUT2D eigenvalue weighted by Crippen LogP contribution is 2.28. The topological polar surface area (TPSA) is 663 Å². The maximum absolute atomic E-state index is 15.2. The van der Waals surface area contributed by atoms with Gasteiger partial charge >= 0.3 is 0 Å². The third-order valence-corrected chi connectivity index (χ3v) is 22.7.